The molecule has 0 saturated carbocycles. The Morgan fingerprint density at radius 3 is 3.00 bits per heavy atom. The van der Waals surface area contributed by atoms with E-state index >= 15 is 0 Å². The molecule has 100 valence electrons. The minimum absolute atomic E-state index is 0.207. The zero-order valence-electron chi connectivity index (χ0n) is 10.6. The van der Waals surface area contributed by atoms with Crippen LogP contribution in [0.3, 0.4) is 0 Å². The van der Waals surface area contributed by atoms with Crippen molar-refractivity contribution in [2.45, 2.75) is 25.9 Å². The standard InChI is InChI=1S/C12H18ClN3O2/c1-8(17)9-4-3-5-16(7-9)10-6-14-15(2)12(18)11(10)13/h6,8-9,17H,3-5,7H2,1-2H3. The summed E-state index contributed by atoms with van der Waals surface area (Å²) in [6.45, 7) is 3.36. The molecule has 0 amide bonds. The number of aromatic nitrogens is 2. The molecule has 5 nitrogen and oxygen atoms in total. The number of hydrogen-bond acceptors (Lipinski definition) is 4. The van der Waals surface area contributed by atoms with Crippen LogP contribution in [-0.2, 0) is 7.05 Å². The van der Waals surface area contributed by atoms with Crippen LogP contribution in [0.4, 0.5) is 5.69 Å². The van der Waals surface area contributed by atoms with E-state index < -0.39 is 0 Å². The summed E-state index contributed by atoms with van der Waals surface area (Å²) in [5.74, 6) is 0.221. The molecule has 2 unspecified atom stereocenters. The first kappa shape index (κ1) is 13.4. The zero-order valence-corrected chi connectivity index (χ0v) is 11.4. The number of rotatable bonds is 2. The number of piperidine rings is 1. The topological polar surface area (TPSA) is 58.4 Å². The monoisotopic (exact) mass is 271 g/mol. The van der Waals surface area contributed by atoms with Crippen LogP contribution in [0.15, 0.2) is 11.0 Å². The molecule has 18 heavy (non-hydrogen) atoms. The van der Waals surface area contributed by atoms with Crippen LogP contribution >= 0.6 is 11.6 Å². The number of aryl methyl sites for hydroxylation is 1. The Hall–Kier alpha value is -1.07. The summed E-state index contributed by atoms with van der Waals surface area (Å²) in [4.78, 5) is 13.8. The normalized spacial score (nSPS) is 22.0. The average molecular weight is 272 g/mol. The van der Waals surface area contributed by atoms with Gasteiger partial charge in [-0.15, -0.1) is 0 Å². The lowest BCUT2D eigenvalue weighted by Crippen LogP contribution is -2.40. The van der Waals surface area contributed by atoms with Gasteiger partial charge in [0.2, 0.25) is 0 Å². The Morgan fingerprint density at radius 1 is 1.61 bits per heavy atom. The third kappa shape index (κ3) is 2.52. The molecule has 1 fully saturated rings. The quantitative estimate of drug-likeness (QED) is 0.873. The highest BCUT2D eigenvalue weighted by Gasteiger charge is 2.25. The van der Waals surface area contributed by atoms with Gasteiger partial charge < -0.3 is 10.0 Å². The van der Waals surface area contributed by atoms with Crippen LogP contribution < -0.4 is 10.5 Å². The maximum Gasteiger partial charge on any atom is 0.287 e. The molecule has 1 aromatic rings. The van der Waals surface area contributed by atoms with Crippen LogP contribution in [0.25, 0.3) is 0 Å². The second-order valence-electron chi connectivity index (χ2n) is 4.86. The molecule has 0 spiro atoms. The summed E-state index contributed by atoms with van der Waals surface area (Å²) in [7, 11) is 1.58. The van der Waals surface area contributed by atoms with Gasteiger partial charge in [0, 0.05) is 26.1 Å². The minimum Gasteiger partial charge on any atom is -0.393 e. The van der Waals surface area contributed by atoms with Crippen molar-refractivity contribution in [1.82, 2.24) is 9.78 Å². The minimum atomic E-state index is -0.342. The molecule has 0 radical (unpaired) electrons. The highest BCUT2D eigenvalue weighted by Crippen LogP contribution is 2.27. The maximum absolute atomic E-state index is 11.7. The summed E-state index contributed by atoms with van der Waals surface area (Å²) in [6.07, 6.45) is 3.27. The second-order valence-corrected chi connectivity index (χ2v) is 5.24. The number of aliphatic hydroxyl groups excluding tert-OH is 1. The van der Waals surface area contributed by atoms with E-state index in [4.69, 9.17) is 11.6 Å². The molecular formula is C12H18ClN3O2. The van der Waals surface area contributed by atoms with Crippen LogP contribution in [0.1, 0.15) is 19.8 Å². The van der Waals surface area contributed by atoms with E-state index in [0.29, 0.717) is 12.2 Å². The molecule has 2 atom stereocenters. The van der Waals surface area contributed by atoms with Gasteiger partial charge in [-0.3, -0.25) is 4.79 Å². The summed E-state index contributed by atoms with van der Waals surface area (Å²) >= 11 is 6.08. The largest absolute Gasteiger partial charge is 0.393 e. The van der Waals surface area contributed by atoms with Crippen molar-refractivity contribution < 1.29 is 5.11 Å². The predicted octanol–water partition coefficient (Wildman–Crippen LogP) is 1.03. The van der Waals surface area contributed by atoms with Crippen LogP contribution in [0.2, 0.25) is 5.02 Å². The van der Waals surface area contributed by atoms with Gasteiger partial charge in [-0.2, -0.15) is 5.10 Å². The van der Waals surface area contributed by atoms with E-state index in [1.165, 1.54) is 4.68 Å². The summed E-state index contributed by atoms with van der Waals surface area (Å²) < 4.78 is 1.22. The second kappa shape index (κ2) is 5.28. The van der Waals surface area contributed by atoms with E-state index in [2.05, 4.69) is 5.10 Å². The highest BCUT2D eigenvalue weighted by molar-refractivity contribution is 6.33. The fourth-order valence-corrected chi connectivity index (χ4v) is 2.64. The van der Waals surface area contributed by atoms with Crippen LogP contribution in [-0.4, -0.2) is 34.1 Å². The highest BCUT2D eigenvalue weighted by atomic mass is 35.5. The van der Waals surface area contributed by atoms with E-state index in [0.717, 1.165) is 19.4 Å². The molecule has 0 aromatic carbocycles. The van der Waals surface area contributed by atoms with Crippen molar-refractivity contribution in [3.05, 3.63) is 21.6 Å². The molecule has 0 bridgehead atoms. The molecule has 1 N–H and O–H groups in total. The first-order chi connectivity index (χ1) is 8.50. The molecule has 1 aliphatic heterocycles. The van der Waals surface area contributed by atoms with Gasteiger partial charge in [0.1, 0.15) is 5.02 Å². The fraction of sp³-hybridized carbons (Fsp3) is 0.667. The molecule has 2 heterocycles. The van der Waals surface area contributed by atoms with Crippen molar-refractivity contribution in [1.29, 1.82) is 0 Å². The average Bonchev–Trinajstić information content (AvgIpc) is 2.36. The first-order valence-corrected chi connectivity index (χ1v) is 6.53. The van der Waals surface area contributed by atoms with E-state index in [1.807, 2.05) is 4.90 Å². The molecule has 6 heteroatoms. The van der Waals surface area contributed by atoms with Crippen molar-refractivity contribution >= 4 is 17.3 Å². The van der Waals surface area contributed by atoms with E-state index in [9.17, 15) is 9.90 Å². The van der Waals surface area contributed by atoms with Gasteiger partial charge >= 0.3 is 0 Å². The first-order valence-electron chi connectivity index (χ1n) is 6.15. The smallest absolute Gasteiger partial charge is 0.287 e. The number of hydrogen-bond donors (Lipinski definition) is 1. The SMILES string of the molecule is CC(O)C1CCCN(c2cnn(C)c(=O)c2Cl)C1. The molecule has 1 saturated heterocycles. The maximum atomic E-state index is 11.7. The lowest BCUT2D eigenvalue weighted by Gasteiger charge is -2.35. The van der Waals surface area contributed by atoms with Crippen LogP contribution in [0, 0.1) is 5.92 Å². The van der Waals surface area contributed by atoms with Gasteiger partial charge in [0.05, 0.1) is 18.0 Å². The van der Waals surface area contributed by atoms with Gasteiger partial charge in [0.25, 0.3) is 5.56 Å². The Morgan fingerprint density at radius 2 is 2.33 bits per heavy atom. The number of aliphatic hydroxyl groups is 1. The van der Waals surface area contributed by atoms with Crippen LogP contribution in [0.5, 0.6) is 0 Å². The Kier molecular flexibility index (Phi) is 3.92. The molecule has 1 aromatic heterocycles. The predicted molar refractivity (Wildman–Crippen MR) is 71.1 cm³/mol. The van der Waals surface area contributed by atoms with E-state index in [-0.39, 0.29) is 22.6 Å². The zero-order chi connectivity index (χ0) is 13.3. The van der Waals surface area contributed by atoms with Crippen molar-refractivity contribution in [3.63, 3.8) is 0 Å². The lowest BCUT2D eigenvalue weighted by molar-refractivity contribution is 0.115. The molecule has 1 aliphatic rings. The van der Waals surface area contributed by atoms with Crippen molar-refractivity contribution in [3.8, 4) is 0 Å². The van der Waals surface area contributed by atoms with Crippen molar-refractivity contribution in [2.75, 3.05) is 18.0 Å². The van der Waals surface area contributed by atoms with Crippen molar-refractivity contribution in [2.24, 2.45) is 13.0 Å². The van der Waals surface area contributed by atoms with Gasteiger partial charge in [-0.1, -0.05) is 11.6 Å². The molecular weight excluding hydrogens is 254 g/mol. The number of nitrogens with zero attached hydrogens (tertiary/aromatic N) is 3. The van der Waals surface area contributed by atoms with Gasteiger partial charge in [-0.25, -0.2) is 4.68 Å². The van der Waals surface area contributed by atoms with Gasteiger partial charge in [0.15, 0.2) is 0 Å². The number of anilines is 1. The Labute approximate surface area is 111 Å². The molecule has 2 rings (SSSR count). The molecule has 0 aliphatic carbocycles. The third-order valence-corrected chi connectivity index (χ3v) is 3.90. The van der Waals surface area contributed by atoms with Gasteiger partial charge in [-0.05, 0) is 19.8 Å². The summed E-state index contributed by atoms with van der Waals surface area (Å²) in [5.41, 5.74) is 0.387. The third-order valence-electron chi connectivity index (χ3n) is 3.54. The van der Waals surface area contributed by atoms with E-state index in [1.54, 1.807) is 20.2 Å². The number of halogens is 1. The summed E-state index contributed by atoms with van der Waals surface area (Å²) in [6, 6.07) is 0. The Balaban J connectivity index is 2.26. The lowest BCUT2D eigenvalue weighted by atomic mass is 9.93. The Bertz CT molecular complexity index is 487. The summed E-state index contributed by atoms with van der Waals surface area (Å²) in [5, 5.41) is 13.9. The fourth-order valence-electron chi connectivity index (χ4n) is 2.35.